The van der Waals surface area contributed by atoms with E-state index in [2.05, 4.69) is 4.90 Å². The van der Waals surface area contributed by atoms with E-state index in [1.807, 2.05) is 48.2 Å². The Hall–Kier alpha value is -2.31. The number of hydrogen-bond acceptors (Lipinski definition) is 5. The first kappa shape index (κ1) is 18.1. The second-order valence-electron chi connectivity index (χ2n) is 6.52. The van der Waals surface area contributed by atoms with Crippen LogP contribution in [0.5, 0.6) is 5.75 Å². The fourth-order valence-corrected chi connectivity index (χ4v) is 4.47. The molecule has 4 rings (SSSR count). The highest BCUT2D eigenvalue weighted by atomic mass is 35.5. The lowest BCUT2D eigenvalue weighted by molar-refractivity contribution is 0.0746. The van der Waals surface area contributed by atoms with Crippen molar-refractivity contribution < 1.29 is 9.53 Å². The Morgan fingerprint density at radius 1 is 1.11 bits per heavy atom. The van der Waals surface area contributed by atoms with E-state index in [4.69, 9.17) is 21.3 Å². The monoisotopic (exact) mass is 401 g/mol. The summed E-state index contributed by atoms with van der Waals surface area (Å²) in [5, 5.41) is 1.74. The second kappa shape index (κ2) is 7.37. The van der Waals surface area contributed by atoms with E-state index in [1.54, 1.807) is 18.4 Å². The maximum atomic E-state index is 12.7. The van der Waals surface area contributed by atoms with E-state index in [1.165, 1.54) is 0 Å². The number of piperazine rings is 1. The summed E-state index contributed by atoms with van der Waals surface area (Å²) in [6.07, 6.45) is 0. The van der Waals surface area contributed by atoms with Crippen LogP contribution in [0, 0.1) is 6.92 Å². The predicted molar refractivity (Wildman–Crippen MR) is 110 cm³/mol. The molecule has 1 aliphatic rings. The zero-order valence-electron chi connectivity index (χ0n) is 15.2. The van der Waals surface area contributed by atoms with Gasteiger partial charge in [-0.2, -0.15) is 0 Å². The topological polar surface area (TPSA) is 45.7 Å². The van der Waals surface area contributed by atoms with Crippen molar-refractivity contribution >= 4 is 44.2 Å². The van der Waals surface area contributed by atoms with Gasteiger partial charge in [-0.3, -0.25) is 4.79 Å². The van der Waals surface area contributed by atoms with Crippen molar-refractivity contribution in [1.82, 2.24) is 9.88 Å². The number of carbonyl (C=O) groups excluding carboxylic acids is 1. The van der Waals surface area contributed by atoms with Gasteiger partial charge in [-0.15, -0.1) is 0 Å². The van der Waals surface area contributed by atoms with Gasteiger partial charge in [-0.1, -0.05) is 22.9 Å². The highest BCUT2D eigenvalue weighted by molar-refractivity contribution is 7.22. The van der Waals surface area contributed by atoms with Crippen LogP contribution >= 0.6 is 22.9 Å². The molecule has 0 radical (unpaired) electrons. The maximum Gasteiger partial charge on any atom is 0.253 e. The number of thiazole rings is 1. The summed E-state index contributed by atoms with van der Waals surface area (Å²) >= 11 is 7.89. The van der Waals surface area contributed by atoms with Crippen molar-refractivity contribution in [2.75, 3.05) is 38.2 Å². The Kier molecular flexibility index (Phi) is 4.93. The molecule has 1 fully saturated rings. The number of fused-ring (bicyclic) bond motifs is 1. The Labute approximate surface area is 167 Å². The van der Waals surface area contributed by atoms with Gasteiger partial charge in [0.25, 0.3) is 5.91 Å². The summed E-state index contributed by atoms with van der Waals surface area (Å²) in [7, 11) is 1.62. The maximum absolute atomic E-state index is 12.7. The molecule has 0 N–H and O–H groups in total. The number of aryl methyl sites for hydroxylation is 1. The van der Waals surface area contributed by atoms with Crippen LogP contribution in [-0.2, 0) is 0 Å². The van der Waals surface area contributed by atoms with Crippen LogP contribution in [0.15, 0.2) is 36.4 Å². The minimum Gasteiger partial charge on any atom is -0.497 e. The van der Waals surface area contributed by atoms with Crippen LogP contribution in [0.25, 0.3) is 10.2 Å². The first-order valence-corrected chi connectivity index (χ1v) is 10.00. The van der Waals surface area contributed by atoms with E-state index in [-0.39, 0.29) is 5.91 Å². The van der Waals surface area contributed by atoms with E-state index in [0.717, 1.165) is 44.8 Å². The molecule has 140 valence electrons. The Bertz CT molecular complexity index is 979. The van der Waals surface area contributed by atoms with E-state index >= 15 is 0 Å². The molecule has 0 bridgehead atoms. The third-order valence-electron chi connectivity index (χ3n) is 4.91. The summed E-state index contributed by atoms with van der Waals surface area (Å²) in [6, 6.07) is 11.2. The average molecular weight is 402 g/mol. The quantitative estimate of drug-likeness (QED) is 0.658. The lowest BCUT2D eigenvalue weighted by Crippen LogP contribution is -2.48. The van der Waals surface area contributed by atoms with Gasteiger partial charge in [0, 0.05) is 36.8 Å². The van der Waals surface area contributed by atoms with Crippen LogP contribution in [0.3, 0.4) is 0 Å². The highest BCUT2D eigenvalue weighted by Crippen LogP contribution is 2.33. The van der Waals surface area contributed by atoms with Crippen LogP contribution in [0.4, 0.5) is 5.13 Å². The molecule has 0 unspecified atom stereocenters. The Morgan fingerprint density at radius 3 is 2.48 bits per heavy atom. The Morgan fingerprint density at radius 2 is 1.81 bits per heavy atom. The molecule has 0 atom stereocenters. The molecule has 0 spiro atoms. The number of rotatable bonds is 3. The minimum atomic E-state index is 0.0595. The predicted octanol–water partition coefficient (Wildman–Crippen LogP) is 4.23. The molecule has 2 heterocycles. The molecule has 0 saturated carbocycles. The average Bonchev–Trinajstić information content (AvgIpc) is 3.15. The number of methoxy groups -OCH3 is 1. The van der Waals surface area contributed by atoms with E-state index in [0.29, 0.717) is 18.7 Å². The number of nitrogens with zero attached hydrogens (tertiary/aromatic N) is 3. The third kappa shape index (κ3) is 3.47. The third-order valence-corrected chi connectivity index (χ3v) is 6.40. The number of hydrogen-bond donors (Lipinski definition) is 0. The SMILES string of the molecule is COc1ccc(C(=O)N2CCN(c3nc4c(C)c(Cl)ccc4s3)CC2)cc1. The van der Waals surface area contributed by atoms with Gasteiger partial charge in [0.1, 0.15) is 5.75 Å². The van der Waals surface area contributed by atoms with Crippen molar-refractivity contribution in [3.8, 4) is 5.75 Å². The van der Waals surface area contributed by atoms with Crippen molar-refractivity contribution in [3.05, 3.63) is 52.5 Å². The fourth-order valence-electron chi connectivity index (χ4n) is 3.24. The van der Waals surface area contributed by atoms with Crippen molar-refractivity contribution in [1.29, 1.82) is 0 Å². The lowest BCUT2D eigenvalue weighted by Gasteiger charge is -2.34. The normalized spacial score (nSPS) is 14.6. The molecular formula is C20H20ClN3O2S. The van der Waals surface area contributed by atoms with Gasteiger partial charge in [0.15, 0.2) is 5.13 Å². The number of benzene rings is 2. The highest BCUT2D eigenvalue weighted by Gasteiger charge is 2.24. The van der Waals surface area contributed by atoms with Gasteiger partial charge < -0.3 is 14.5 Å². The molecule has 1 aromatic heterocycles. The molecule has 2 aromatic carbocycles. The number of anilines is 1. The Balaban J connectivity index is 1.45. The fraction of sp³-hybridized carbons (Fsp3) is 0.300. The van der Waals surface area contributed by atoms with Crippen molar-refractivity contribution in [2.45, 2.75) is 6.92 Å². The molecule has 7 heteroatoms. The summed E-state index contributed by atoms with van der Waals surface area (Å²) in [4.78, 5) is 21.6. The summed E-state index contributed by atoms with van der Waals surface area (Å²) < 4.78 is 6.29. The van der Waals surface area contributed by atoms with Gasteiger partial charge in [-0.25, -0.2) is 4.98 Å². The van der Waals surface area contributed by atoms with Gasteiger partial charge in [0.2, 0.25) is 0 Å². The van der Waals surface area contributed by atoms with Crippen LogP contribution < -0.4 is 9.64 Å². The van der Waals surface area contributed by atoms with E-state index in [9.17, 15) is 4.79 Å². The smallest absolute Gasteiger partial charge is 0.253 e. The molecule has 0 aliphatic carbocycles. The number of halogens is 1. The first-order valence-electron chi connectivity index (χ1n) is 8.81. The van der Waals surface area contributed by atoms with Crippen LogP contribution in [0.1, 0.15) is 15.9 Å². The number of carbonyl (C=O) groups is 1. The second-order valence-corrected chi connectivity index (χ2v) is 7.94. The van der Waals surface area contributed by atoms with Gasteiger partial charge >= 0.3 is 0 Å². The van der Waals surface area contributed by atoms with Crippen molar-refractivity contribution in [2.24, 2.45) is 0 Å². The molecular weight excluding hydrogens is 382 g/mol. The molecule has 3 aromatic rings. The van der Waals surface area contributed by atoms with Crippen LogP contribution in [-0.4, -0.2) is 49.1 Å². The number of aromatic nitrogens is 1. The van der Waals surface area contributed by atoms with Crippen LogP contribution in [0.2, 0.25) is 5.02 Å². The molecule has 1 saturated heterocycles. The van der Waals surface area contributed by atoms with Gasteiger partial charge in [-0.05, 0) is 48.9 Å². The summed E-state index contributed by atoms with van der Waals surface area (Å²) in [6.45, 7) is 4.91. The summed E-state index contributed by atoms with van der Waals surface area (Å²) in [5.74, 6) is 0.812. The lowest BCUT2D eigenvalue weighted by atomic mass is 10.1. The zero-order chi connectivity index (χ0) is 19.0. The standard InChI is InChI=1S/C20H20ClN3O2S/c1-13-16(21)7-8-17-18(13)22-20(27-17)24-11-9-23(10-12-24)19(25)14-3-5-15(26-2)6-4-14/h3-8H,9-12H2,1-2H3. The molecule has 1 amide bonds. The summed E-state index contributed by atoms with van der Waals surface area (Å²) in [5.41, 5.74) is 2.68. The molecule has 27 heavy (non-hydrogen) atoms. The van der Waals surface area contributed by atoms with E-state index < -0.39 is 0 Å². The largest absolute Gasteiger partial charge is 0.497 e. The minimum absolute atomic E-state index is 0.0595. The number of amides is 1. The van der Waals surface area contributed by atoms with Crippen molar-refractivity contribution in [3.63, 3.8) is 0 Å². The molecule has 1 aliphatic heterocycles. The zero-order valence-corrected chi connectivity index (χ0v) is 16.8. The molecule has 5 nitrogen and oxygen atoms in total. The first-order chi connectivity index (χ1) is 13.1. The van der Waals surface area contributed by atoms with Gasteiger partial charge in [0.05, 0.1) is 17.3 Å². The number of ether oxygens (including phenoxy) is 1.